The Kier molecular flexibility index (Phi) is 8.18. The van der Waals surface area contributed by atoms with Gasteiger partial charge in [0.1, 0.15) is 12.2 Å². The van der Waals surface area contributed by atoms with Gasteiger partial charge in [0.05, 0.1) is 38.6 Å². The van der Waals surface area contributed by atoms with Crippen molar-refractivity contribution < 1.29 is 39.8 Å². The van der Waals surface area contributed by atoms with Gasteiger partial charge in [0.25, 0.3) is 0 Å². The maximum Gasteiger partial charge on any atom is 0.210 e. The minimum Gasteiger partial charge on any atom is -0.394 e. The first-order valence-electron chi connectivity index (χ1n) is 7.16. The summed E-state index contributed by atoms with van der Waals surface area (Å²) >= 11 is 0. The zero-order chi connectivity index (χ0) is 16.7. The van der Waals surface area contributed by atoms with Gasteiger partial charge in [-0.2, -0.15) is 0 Å². The Bertz CT molecular complexity index is 331. The number of ether oxygens (including phenoxy) is 2. The van der Waals surface area contributed by atoms with Crippen LogP contribution in [-0.2, 0) is 14.3 Å². The number of rotatable bonds is 10. The van der Waals surface area contributed by atoms with Crippen LogP contribution < -0.4 is 0 Å². The highest BCUT2D eigenvalue weighted by Gasteiger charge is 2.38. The molecule has 1 amide bonds. The molecule has 0 bridgehead atoms. The molecule has 0 aromatic rings. The minimum atomic E-state index is -1.31. The number of carbonyl (C=O) groups excluding carboxylic acids is 1. The quantitative estimate of drug-likeness (QED) is 0.212. The molecule has 1 fully saturated rings. The highest BCUT2D eigenvalue weighted by molar-refractivity contribution is 5.49. The SMILES string of the molecule is C[C@H]1C[C@@H](O)[C@H](COC(CO)OC(CO)C(O)CO)N1C=O. The lowest BCUT2D eigenvalue weighted by Crippen LogP contribution is -2.44. The van der Waals surface area contributed by atoms with Crippen LogP contribution in [-0.4, -0.2) is 100.0 Å². The average Bonchev–Trinajstić information content (AvgIpc) is 2.80. The molecule has 1 aliphatic heterocycles. The zero-order valence-corrected chi connectivity index (χ0v) is 12.5. The number of hydrogen-bond acceptors (Lipinski definition) is 8. The number of nitrogens with zero attached hydrogens (tertiary/aromatic N) is 1. The number of aliphatic hydroxyl groups excluding tert-OH is 5. The molecule has 0 spiro atoms. The number of carbonyl (C=O) groups is 1. The van der Waals surface area contributed by atoms with Crippen LogP contribution in [0, 0.1) is 0 Å². The van der Waals surface area contributed by atoms with Crippen molar-refractivity contribution in [1.82, 2.24) is 4.90 Å². The molecule has 6 atom stereocenters. The molecular formula is C13H25NO8. The van der Waals surface area contributed by atoms with E-state index in [9.17, 15) is 20.1 Å². The normalized spacial score (nSPS) is 29.4. The second-order valence-electron chi connectivity index (χ2n) is 5.32. The van der Waals surface area contributed by atoms with Gasteiger partial charge >= 0.3 is 0 Å². The second-order valence-corrected chi connectivity index (χ2v) is 5.32. The molecule has 130 valence electrons. The summed E-state index contributed by atoms with van der Waals surface area (Å²) < 4.78 is 10.5. The lowest BCUT2D eigenvalue weighted by molar-refractivity contribution is -0.222. The summed E-state index contributed by atoms with van der Waals surface area (Å²) in [4.78, 5) is 12.5. The summed E-state index contributed by atoms with van der Waals surface area (Å²) in [5.41, 5.74) is 0. The van der Waals surface area contributed by atoms with Crippen LogP contribution in [0.15, 0.2) is 0 Å². The highest BCUT2D eigenvalue weighted by atomic mass is 16.7. The number of aliphatic hydroxyl groups is 5. The summed E-state index contributed by atoms with van der Waals surface area (Å²) in [7, 11) is 0. The molecule has 1 heterocycles. The van der Waals surface area contributed by atoms with Crippen molar-refractivity contribution in [3.05, 3.63) is 0 Å². The first-order chi connectivity index (χ1) is 10.5. The Morgan fingerprint density at radius 3 is 2.45 bits per heavy atom. The van der Waals surface area contributed by atoms with Crippen molar-refractivity contribution in [3.63, 3.8) is 0 Å². The second kappa shape index (κ2) is 9.36. The van der Waals surface area contributed by atoms with Crippen molar-refractivity contribution in [3.8, 4) is 0 Å². The molecule has 1 saturated heterocycles. The van der Waals surface area contributed by atoms with E-state index in [4.69, 9.17) is 19.7 Å². The summed E-state index contributed by atoms with van der Waals surface area (Å²) in [5.74, 6) is 0. The molecule has 9 nitrogen and oxygen atoms in total. The molecule has 9 heteroatoms. The van der Waals surface area contributed by atoms with E-state index in [0.717, 1.165) is 0 Å². The molecule has 0 radical (unpaired) electrons. The average molecular weight is 323 g/mol. The summed E-state index contributed by atoms with van der Waals surface area (Å²) in [6.07, 6.45) is -3.26. The van der Waals surface area contributed by atoms with E-state index in [1.807, 2.05) is 0 Å². The van der Waals surface area contributed by atoms with E-state index < -0.39 is 50.5 Å². The number of amides is 1. The van der Waals surface area contributed by atoms with Gasteiger partial charge < -0.3 is 39.9 Å². The number of hydrogen-bond donors (Lipinski definition) is 5. The number of likely N-dealkylation sites (tertiary alicyclic amines) is 1. The molecular weight excluding hydrogens is 298 g/mol. The Labute approximate surface area is 128 Å². The van der Waals surface area contributed by atoms with Crippen molar-refractivity contribution in [2.24, 2.45) is 0 Å². The molecule has 0 aromatic heterocycles. The van der Waals surface area contributed by atoms with Gasteiger partial charge in [-0.3, -0.25) is 4.79 Å². The predicted molar refractivity (Wildman–Crippen MR) is 73.7 cm³/mol. The Morgan fingerprint density at radius 1 is 1.27 bits per heavy atom. The molecule has 22 heavy (non-hydrogen) atoms. The largest absolute Gasteiger partial charge is 0.394 e. The zero-order valence-electron chi connectivity index (χ0n) is 12.5. The maximum absolute atomic E-state index is 11.0. The van der Waals surface area contributed by atoms with Gasteiger partial charge in [-0.05, 0) is 13.3 Å². The molecule has 5 N–H and O–H groups in total. The minimum absolute atomic E-state index is 0.0666. The van der Waals surface area contributed by atoms with Crippen molar-refractivity contribution >= 4 is 6.41 Å². The third-order valence-corrected chi connectivity index (χ3v) is 3.77. The van der Waals surface area contributed by atoms with Crippen molar-refractivity contribution in [2.45, 2.75) is 50.0 Å². The molecule has 0 aliphatic carbocycles. The molecule has 0 aromatic carbocycles. The monoisotopic (exact) mass is 323 g/mol. The fraction of sp³-hybridized carbons (Fsp3) is 0.923. The van der Waals surface area contributed by atoms with Gasteiger partial charge in [-0.1, -0.05) is 0 Å². The molecule has 1 rings (SSSR count). The molecule has 3 unspecified atom stereocenters. The smallest absolute Gasteiger partial charge is 0.210 e. The summed E-state index contributed by atoms with van der Waals surface area (Å²) in [6, 6.07) is -0.670. The van der Waals surface area contributed by atoms with E-state index in [-0.39, 0.29) is 12.6 Å². The van der Waals surface area contributed by atoms with Crippen LogP contribution >= 0.6 is 0 Å². The van der Waals surface area contributed by atoms with Crippen LogP contribution in [0.1, 0.15) is 13.3 Å². The van der Waals surface area contributed by atoms with Gasteiger partial charge in [-0.15, -0.1) is 0 Å². The fourth-order valence-electron chi connectivity index (χ4n) is 2.44. The third-order valence-electron chi connectivity index (χ3n) is 3.77. The van der Waals surface area contributed by atoms with Crippen LogP contribution in [0.25, 0.3) is 0 Å². The van der Waals surface area contributed by atoms with E-state index in [1.54, 1.807) is 6.92 Å². The summed E-state index contributed by atoms with van der Waals surface area (Å²) in [6.45, 7) is 0.0142. The van der Waals surface area contributed by atoms with Crippen molar-refractivity contribution in [2.75, 3.05) is 26.4 Å². The van der Waals surface area contributed by atoms with Gasteiger partial charge in [-0.25, -0.2) is 0 Å². The predicted octanol–water partition coefficient (Wildman–Crippen LogP) is -2.97. The van der Waals surface area contributed by atoms with E-state index in [2.05, 4.69) is 0 Å². The first-order valence-corrected chi connectivity index (χ1v) is 7.16. The van der Waals surface area contributed by atoms with E-state index >= 15 is 0 Å². The maximum atomic E-state index is 11.0. The Morgan fingerprint density at radius 2 is 1.95 bits per heavy atom. The first kappa shape index (κ1) is 19.2. The summed E-state index contributed by atoms with van der Waals surface area (Å²) in [5, 5.41) is 46.5. The standard InChI is InChI=1S/C13H25NO8/c1-8-2-10(19)9(14(8)7-18)6-21-13(5-17)22-12(4-16)11(20)3-15/h7-13,15-17,19-20H,2-6H2,1H3/t8-,9-,10+,11?,12?,13?/m0/s1. The van der Waals surface area contributed by atoms with E-state index in [1.165, 1.54) is 4.90 Å². The van der Waals surface area contributed by atoms with Crippen LogP contribution in [0.3, 0.4) is 0 Å². The topological polar surface area (TPSA) is 140 Å². The van der Waals surface area contributed by atoms with Crippen LogP contribution in [0.2, 0.25) is 0 Å². The molecule has 1 aliphatic rings. The van der Waals surface area contributed by atoms with Crippen LogP contribution in [0.5, 0.6) is 0 Å². The Hall–Kier alpha value is -0.810. The third kappa shape index (κ3) is 4.85. The van der Waals surface area contributed by atoms with Gasteiger partial charge in [0, 0.05) is 6.04 Å². The fourth-order valence-corrected chi connectivity index (χ4v) is 2.44. The van der Waals surface area contributed by atoms with Crippen LogP contribution in [0.4, 0.5) is 0 Å². The highest BCUT2D eigenvalue weighted by Crippen LogP contribution is 2.23. The lowest BCUT2D eigenvalue weighted by atomic mass is 10.1. The molecule has 0 saturated carbocycles. The lowest BCUT2D eigenvalue weighted by Gasteiger charge is -2.29. The van der Waals surface area contributed by atoms with Gasteiger partial charge in [0.15, 0.2) is 6.29 Å². The van der Waals surface area contributed by atoms with E-state index in [0.29, 0.717) is 12.8 Å². The van der Waals surface area contributed by atoms with Gasteiger partial charge in [0.2, 0.25) is 6.41 Å². The Balaban J connectivity index is 2.54. The van der Waals surface area contributed by atoms with Crippen molar-refractivity contribution in [1.29, 1.82) is 0 Å².